The molecule has 78 valence electrons. The number of phenols is 1. The predicted octanol–water partition coefficient (Wildman–Crippen LogP) is 1.55. The number of aliphatic hydroxyl groups is 1. The molecule has 1 rings (SSSR count). The first-order chi connectivity index (χ1) is 6.57. The van der Waals surface area contributed by atoms with E-state index in [1.807, 2.05) is 0 Å². The molecule has 1 aromatic carbocycles. The van der Waals surface area contributed by atoms with Gasteiger partial charge < -0.3 is 15.5 Å². The highest BCUT2D eigenvalue weighted by Crippen LogP contribution is 2.33. The summed E-state index contributed by atoms with van der Waals surface area (Å²) in [6, 6.07) is 2.58. The summed E-state index contributed by atoms with van der Waals surface area (Å²) in [4.78, 5) is 0. The lowest BCUT2D eigenvalue weighted by Gasteiger charge is -2.13. The van der Waals surface area contributed by atoms with Crippen LogP contribution < -0.4 is 5.32 Å². The number of likely N-dealkylation sites (N-methyl/N-ethyl adjacent to an activating group) is 1. The highest BCUT2D eigenvalue weighted by Gasteiger charge is 2.18. The maximum atomic E-state index is 13.2. The molecule has 0 fully saturated rings. The summed E-state index contributed by atoms with van der Waals surface area (Å²) in [5.74, 6) is -0.874. The van der Waals surface area contributed by atoms with Crippen LogP contribution in [0.15, 0.2) is 16.6 Å². The van der Waals surface area contributed by atoms with Gasteiger partial charge in [-0.3, -0.25) is 0 Å². The van der Waals surface area contributed by atoms with E-state index in [4.69, 9.17) is 0 Å². The molecule has 0 bridgehead atoms. The lowest BCUT2D eigenvalue weighted by Crippen LogP contribution is -2.17. The van der Waals surface area contributed by atoms with Gasteiger partial charge in [-0.25, -0.2) is 4.39 Å². The van der Waals surface area contributed by atoms with Crippen molar-refractivity contribution >= 4 is 15.9 Å². The van der Waals surface area contributed by atoms with E-state index >= 15 is 0 Å². The number of benzene rings is 1. The third-order valence-electron chi connectivity index (χ3n) is 1.85. The molecule has 3 N–H and O–H groups in total. The molecule has 1 aromatic rings. The van der Waals surface area contributed by atoms with Crippen molar-refractivity contribution in [3.8, 4) is 5.75 Å². The molecule has 1 unspecified atom stereocenters. The van der Waals surface area contributed by atoms with Crippen molar-refractivity contribution in [1.82, 2.24) is 5.32 Å². The summed E-state index contributed by atoms with van der Waals surface area (Å²) in [6.45, 7) is 0.181. The second-order valence-electron chi connectivity index (χ2n) is 2.86. The first-order valence-corrected chi connectivity index (χ1v) is 4.86. The predicted molar refractivity (Wildman–Crippen MR) is 54.7 cm³/mol. The minimum Gasteiger partial charge on any atom is -0.506 e. The van der Waals surface area contributed by atoms with Gasteiger partial charge in [-0.2, -0.15) is 0 Å². The number of phenolic OH excluding ortho intramolecular Hbond substituents is 1. The molecule has 0 heterocycles. The average molecular weight is 264 g/mol. The monoisotopic (exact) mass is 263 g/mol. The molecule has 14 heavy (non-hydrogen) atoms. The van der Waals surface area contributed by atoms with E-state index in [2.05, 4.69) is 21.2 Å². The van der Waals surface area contributed by atoms with Crippen molar-refractivity contribution in [3.63, 3.8) is 0 Å². The molecule has 0 saturated heterocycles. The second-order valence-corrected chi connectivity index (χ2v) is 3.72. The van der Waals surface area contributed by atoms with Crippen molar-refractivity contribution in [1.29, 1.82) is 0 Å². The van der Waals surface area contributed by atoms with Crippen LogP contribution in [0.25, 0.3) is 0 Å². The van der Waals surface area contributed by atoms with E-state index in [1.165, 1.54) is 12.1 Å². The van der Waals surface area contributed by atoms with E-state index in [0.29, 0.717) is 4.47 Å². The van der Waals surface area contributed by atoms with E-state index in [0.717, 1.165) is 0 Å². The molecule has 0 aliphatic heterocycles. The molecule has 1 atom stereocenters. The summed E-state index contributed by atoms with van der Waals surface area (Å²) in [7, 11) is 1.64. The Morgan fingerprint density at radius 3 is 2.79 bits per heavy atom. The normalized spacial score (nSPS) is 12.9. The summed E-state index contributed by atoms with van der Waals surface area (Å²) in [5, 5.41) is 21.7. The number of aromatic hydroxyl groups is 1. The van der Waals surface area contributed by atoms with Crippen molar-refractivity contribution in [2.24, 2.45) is 0 Å². The Morgan fingerprint density at radius 2 is 2.21 bits per heavy atom. The highest BCUT2D eigenvalue weighted by molar-refractivity contribution is 9.10. The van der Waals surface area contributed by atoms with Crippen LogP contribution in [0.5, 0.6) is 5.75 Å². The zero-order valence-corrected chi connectivity index (χ0v) is 9.18. The first kappa shape index (κ1) is 11.4. The summed E-state index contributed by atoms with van der Waals surface area (Å²) >= 11 is 3.05. The minimum atomic E-state index is -1.06. The number of hydrogen-bond acceptors (Lipinski definition) is 3. The molecule has 0 aromatic heterocycles. The van der Waals surface area contributed by atoms with Crippen LogP contribution in [0.4, 0.5) is 4.39 Å². The molecule has 0 saturated carbocycles. The van der Waals surface area contributed by atoms with Crippen LogP contribution in [0.1, 0.15) is 11.7 Å². The Balaban J connectivity index is 3.11. The summed E-state index contributed by atoms with van der Waals surface area (Å²) in [6.07, 6.45) is -1.06. The maximum Gasteiger partial charge on any atom is 0.138 e. The maximum absolute atomic E-state index is 13.2. The van der Waals surface area contributed by atoms with Gasteiger partial charge >= 0.3 is 0 Å². The van der Waals surface area contributed by atoms with E-state index in [9.17, 15) is 14.6 Å². The van der Waals surface area contributed by atoms with Crippen LogP contribution in [-0.2, 0) is 0 Å². The molecular weight excluding hydrogens is 253 g/mol. The summed E-state index contributed by atoms with van der Waals surface area (Å²) < 4.78 is 13.6. The second kappa shape index (κ2) is 4.72. The summed E-state index contributed by atoms with van der Waals surface area (Å²) in [5.41, 5.74) is -0.0891. The topological polar surface area (TPSA) is 52.5 Å². The van der Waals surface area contributed by atoms with Crippen molar-refractivity contribution in [2.45, 2.75) is 6.10 Å². The Bertz CT molecular complexity index is 333. The first-order valence-electron chi connectivity index (χ1n) is 4.07. The minimum absolute atomic E-state index is 0.0891. The Morgan fingerprint density at radius 1 is 1.57 bits per heavy atom. The molecule has 5 heteroatoms. The zero-order chi connectivity index (χ0) is 10.7. The van der Waals surface area contributed by atoms with Gasteiger partial charge in [0.15, 0.2) is 0 Å². The van der Waals surface area contributed by atoms with Gasteiger partial charge in [-0.1, -0.05) is 0 Å². The van der Waals surface area contributed by atoms with Gasteiger partial charge in [0, 0.05) is 6.54 Å². The van der Waals surface area contributed by atoms with Gasteiger partial charge in [-0.15, -0.1) is 0 Å². The molecule has 0 radical (unpaired) electrons. The fourth-order valence-corrected chi connectivity index (χ4v) is 1.51. The van der Waals surface area contributed by atoms with Gasteiger partial charge in [0.05, 0.1) is 16.1 Å². The number of aliphatic hydroxyl groups excluding tert-OH is 1. The van der Waals surface area contributed by atoms with E-state index < -0.39 is 11.9 Å². The highest BCUT2D eigenvalue weighted by atomic mass is 79.9. The zero-order valence-electron chi connectivity index (χ0n) is 7.59. The Kier molecular flexibility index (Phi) is 3.86. The standard InChI is InChI=1S/C9H11BrFNO2/c1-12-4-7(13)8-6(11)3-2-5(10)9(8)14/h2-3,7,12-14H,4H2,1H3. The lowest BCUT2D eigenvalue weighted by molar-refractivity contribution is 0.168. The molecule has 0 amide bonds. The number of halogens is 2. The van der Waals surface area contributed by atoms with Gasteiger partial charge in [0.25, 0.3) is 0 Å². The average Bonchev–Trinajstić information content (AvgIpc) is 2.13. The largest absolute Gasteiger partial charge is 0.506 e. The molecule has 3 nitrogen and oxygen atoms in total. The Hall–Kier alpha value is -0.650. The smallest absolute Gasteiger partial charge is 0.138 e. The fraction of sp³-hybridized carbons (Fsp3) is 0.333. The molecule has 0 aliphatic rings. The third-order valence-corrected chi connectivity index (χ3v) is 2.49. The van der Waals surface area contributed by atoms with Crippen LogP contribution in [-0.4, -0.2) is 23.8 Å². The third kappa shape index (κ3) is 2.23. The van der Waals surface area contributed by atoms with Gasteiger partial charge in [0.2, 0.25) is 0 Å². The number of nitrogens with one attached hydrogen (secondary N) is 1. The number of hydrogen-bond donors (Lipinski definition) is 3. The van der Waals surface area contributed by atoms with Crippen LogP contribution in [0.3, 0.4) is 0 Å². The van der Waals surface area contributed by atoms with E-state index in [-0.39, 0.29) is 17.9 Å². The van der Waals surface area contributed by atoms with E-state index in [1.54, 1.807) is 7.05 Å². The van der Waals surface area contributed by atoms with Crippen molar-refractivity contribution in [2.75, 3.05) is 13.6 Å². The molecular formula is C9H11BrFNO2. The van der Waals surface area contributed by atoms with Crippen molar-refractivity contribution < 1.29 is 14.6 Å². The SMILES string of the molecule is CNCC(O)c1c(F)ccc(Br)c1O. The van der Waals surface area contributed by atoms with Crippen LogP contribution in [0.2, 0.25) is 0 Å². The number of rotatable bonds is 3. The van der Waals surface area contributed by atoms with Gasteiger partial charge in [0.1, 0.15) is 11.6 Å². The van der Waals surface area contributed by atoms with Crippen molar-refractivity contribution in [3.05, 3.63) is 28.0 Å². The molecule has 0 aliphatic carbocycles. The van der Waals surface area contributed by atoms with Gasteiger partial charge in [-0.05, 0) is 35.1 Å². The molecule has 0 spiro atoms. The lowest BCUT2D eigenvalue weighted by atomic mass is 10.1. The fourth-order valence-electron chi connectivity index (χ4n) is 1.17. The quantitative estimate of drug-likeness (QED) is 0.776. The Labute approximate surface area is 89.7 Å². The van der Waals surface area contributed by atoms with Crippen LogP contribution in [0, 0.1) is 5.82 Å². The van der Waals surface area contributed by atoms with Crippen LogP contribution >= 0.6 is 15.9 Å².